The number of carbonyl (C=O) groups excluding carboxylic acids is 2. The maximum Gasteiger partial charge on any atom is 0.266 e. The number of halogens is 1. The van der Waals surface area contributed by atoms with Crippen molar-refractivity contribution in [3.05, 3.63) is 64.3 Å². The van der Waals surface area contributed by atoms with Crippen LogP contribution in [0.3, 0.4) is 0 Å². The predicted octanol–water partition coefficient (Wildman–Crippen LogP) is 4.30. The van der Waals surface area contributed by atoms with E-state index in [1.165, 1.54) is 23.5 Å². The van der Waals surface area contributed by atoms with Crippen LogP contribution in [0.2, 0.25) is 0 Å². The number of hydrogen-bond acceptors (Lipinski definition) is 4. The van der Waals surface area contributed by atoms with E-state index in [9.17, 15) is 14.0 Å². The van der Waals surface area contributed by atoms with Crippen molar-refractivity contribution < 1.29 is 14.0 Å². The molecule has 5 nitrogen and oxygen atoms in total. The third-order valence-corrected chi connectivity index (χ3v) is 6.90. The smallest absolute Gasteiger partial charge is 0.266 e. The first-order valence-electron chi connectivity index (χ1n) is 10.0. The Morgan fingerprint density at radius 2 is 2.00 bits per heavy atom. The largest absolute Gasteiger partial charge is 0.369 e. The van der Waals surface area contributed by atoms with E-state index in [2.05, 4.69) is 10.2 Å². The SMILES string of the molecule is Cc1c(C(=O)Nc2ccc(CN3CCCC(C(N)=O)C3)cc2)sc2ccc(F)cc12. The molecule has 1 fully saturated rings. The summed E-state index contributed by atoms with van der Waals surface area (Å²) in [4.78, 5) is 27.0. The number of rotatable bonds is 5. The Balaban J connectivity index is 1.42. The van der Waals surface area contributed by atoms with Gasteiger partial charge in [0.15, 0.2) is 0 Å². The van der Waals surface area contributed by atoms with Crippen LogP contribution < -0.4 is 11.1 Å². The number of nitrogens with zero attached hydrogens (tertiary/aromatic N) is 1. The molecule has 7 heteroatoms. The summed E-state index contributed by atoms with van der Waals surface area (Å²) in [7, 11) is 0. The minimum Gasteiger partial charge on any atom is -0.369 e. The Morgan fingerprint density at radius 1 is 1.23 bits per heavy atom. The maximum atomic E-state index is 13.5. The van der Waals surface area contributed by atoms with E-state index in [4.69, 9.17) is 5.73 Å². The monoisotopic (exact) mass is 425 g/mol. The highest BCUT2D eigenvalue weighted by atomic mass is 32.1. The molecule has 156 valence electrons. The summed E-state index contributed by atoms with van der Waals surface area (Å²) in [5, 5.41) is 3.70. The standard InChI is InChI=1S/C23H24FN3O2S/c1-14-19-11-17(24)6-9-20(19)30-21(14)23(29)26-18-7-4-15(5-8-18)12-27-10-2-3-16(13-27)22(25)28/h4-9,11,16H,2-3,10,12-13H2,1H3,(H2,25,28)(H,26,29). The maximum absolute atomic E-state index is 13.5. The zero-order chi connectivity index (χ0) is 21.3. The lowest BCUT2D eigenvalue weighted by atomic mass is 9.97. The molecule has 4 rings (SSSR count). The van der Waals surface area contributed by atoms with Crippen molar-refractivity contribution in [2.75, 3.05) is 18.4 Å². The van der Waals surface area contributed by atoms with E-state index in [-0.39, 0.29) is 23.5 Å². The molecular weight excluding hydrogens is 401 g/mol. The van der Waals surface area contributed by atoms with Crippen molar-refractivity contribution in [2.24, 2.45) is 11.7 Å². The first kappa shape index (κ1) is 20.5. The van der Waals surface area contributed by atoms with E-state index in [1.807, 2.05) is 31.2 Å². The molecule has 3 N–H and O–H groups in total. The van der Waals surface area contributed by atoms with Crippen molar-refractivity contribution in [3.63, 3.8) is 0 Å². The van der Waals surface area contributed by atoms with E-state index in [1.54, 1.807) is 6.07 Å². The molecular formula is C23H24FN3O2S. The molecule has 3 aromatic rings. The van der Waals surface area contributed by atoms with Crippen LogP contribution in [0.4, 0.5) is 10.1 Å². The van der Waals surface area contributed by atoms with E-state index >= 15 is 0 Å². The third kappa shape index (κ3) is 4.37. The normalized spacial score (nSPS) is 17.2. The average Bonchev–Trinajstić information content (AvgIpc) is 3.06. The second-order valence-corrected chi connectivity index (χ2v) is 8.88. The molecule has 1 saturated heterocycles. The first-order valence-corrected chi connectivity index (χ1v) is 10.8. The molecule has 2 aromatic carbocycles. The lowest BCUT2D eigenvalue weighted by molar-refractivity contribution is -0.123. The van der Waals surface area contributed by atoms with Crippen molar-refractivity contribution in [1.82, 2.24) is 4.90 Å². The number of aryl methyl sites for hydroxylation is 1. The predicted molar refractivity (Wildman–Crippen MR) is 118 cm³/mol. The van der Waals surface area contributed by atoms with Gasteiger partial charge in [0.25, 0.3) is 5.91 Å². The average molecular weight is 426 g/mol. The van der Waals surface area contributed by atoms with Crippen LogP contribution in [0.25, 0.3) is 10.1 Å². The van der Waals surface area contributed by atoms with Crippen LogP contribution in [0.5, 0.6) is 0 Å². The van der Waals surface area contributed by atoms with Crippen LogP contribution in [0.15, 0.2) is 42.5 Å². The molecule has 0 saturated carbocycles. The highest BCUT2D eigenvalue weighted by Gasteiger charge is 2.23. The van der Waals surface area contributed by atoms with Gasteiger partial charge >= 0.3 is 0 Å². The van der Waals surface area contributed by atoms with Gasteiger partial charge in [-0.05, 0) is 73.2 Å². The Labute approximate surface area is 178 Å². The topological polar surface area (TPSA) is 75.4 Å². The van der Waals surface area contributed by atoms with Gasteiger partial charge in [0.1, 0.15) is 5.82 Å². The van der Waals surface area contributed by atoms with Gasteiger partial charge in [-0.25, -0.2) is 4.39 Å². The second-order valence-electron chi connectivity index (χ2n) is 7.82. The first-order chi connectivity index (χ1) is 14.4. The Bertz CT molecular complexity index is 1090. The summed E-state index contributed by atoms with van der Waals surface area (Å²) < 4.78 is 14.4. The fourth-order valence-electron chi connectivity index (χ4n) is 3.98. The molecule has 30 heavy (non-hydrogen) atoms. The molecule has 1 atom stereocenters. The van der Waals surface area contributed by atoms with Crippen molar-refractivity contribution in [3.8, 4) is 0 Å². The van der Waals surface area contributed by atoms with Gasteiger partial charge in [0.2, 0.25) is 5.91 Å². The van der Waals surface area contributed by atoms with E-state index in [0.717, 1.165) is 47.1 Å². The summed E-state index contributed by atoms with van der Waals surface area (Å²) >= 11 is 1.37. The van der Waals surface area contributed by atoms with Gasteiger partial charge < -0.3 is 11.1 Å². The number of fused-ring (bicyclic) bond motifs is 1. The number of hydrogen-bond donors (Lipinski definition) is 2. The summed E-state index contributed by atoms with van der Waals surface area (Å²) in [5.74, 6) is -0.795. The number of benzene rings is 2. The van der Waals surface area contributed by atoms with Crippen LogP contribution in [-0.4, -0.2) is 29.8 Å². The van der Waals surface area contributed by atoms with Gasteiger partial charge in [-0.1, -0.05) is 12.1 Å². The van der Waals surface area contributed by atoms with Crippen LogP contribution in [0.1, 0.15) is 33.6 Å². The molecule has 0 bridgehead atoms. The lowest BCUT2D eigenvalue weighted by Gasteiger charge is -2.31. The molecule has 1 unspecified atom stereocenters. The lowest BCUT2D eigenvalue weighted by Crippen LogP contribution is -2.40. The van der Waals surface area contributed by atoms with Gasteiger partial charge in [-0.15, -0.1) is 11.3 Å². The fraction of sp³-hybridized carbons (Fsp3) is 0.304. The number of likely N-dealkylation sites (tertiary alicyclic amines) is 1. The highest BCUT2D eigenvalue weighted by Crippen LogP contribution is 2.32. The molecule has 2 heterocycles. The third-order valence-electron chi connectivity index (χ3n) is 5.63. The minimum absolute atomic E-state index is 0.0738. The summed E-state index contributed by atoms with van der Waals surface area (Å²) in [5.41, 5.74) is 8.07. The molecule has 2 amide bonds. The van der Waals surface area contributed by atoms with E-state index in [0.29, 0.717) is 17.1 Å². The highest BCUT2D eigenvalue weighted by molar-refractivity contribution is 7.21. The van der Waals surface area contributed by atoms with E-state index < -0.39 is 0 Å². The Morgan fingerprint density at radius 3 is 2.73 bits per heavy atom. The van der Waals surface area contributed by atoms with Crippen LogP contribution in [-0.2, 0) is 11.3 Å². The minimum atomic E-state index is -0.304. The summed E-state index contributed by atoms with van der Waals surface area (Å²) in [6, 6.07) is 12.3. The van der Waals surface area contributed by atoms with Gasteiger partial charge in [0.05, 0.1) is 10.8 Å². The quantitative estimate of drug-likeness (QED) is 0.640. The number of nitrogens with two attached hydrogens (primary N) is 1. The van der Waals surface area contributed by atoms with Gasteiger partial charge in [0, 0.05) is 23.5 Å². The number of carbonyl (C=O) groups is 2. The molecule has 1 aromatic heterocycles. The number of piperidine rings is 1. The molecule has 0 radical (unpaired) electrons. The number of nitrogens with one attached hydrogen (secondary N) is 1. The fourth-order valence-corrected chi connectivity index (χ4v) is 5.07. The zero-order valence-corrected chi connectivity index (χ0v) is 17.6. The van der Waals surface area contributed by atoms with Gasteiger partial charge in [-0.2, -0.15) is 0 Å². The Hall–Kier alpha value is -2.77. The number of anilines is 1. The molecule has 1 aliphatic heterocycles. The summed E-state index contributed by atoms with van der Waals surface area (Å²) in [6.07, 6.45) is 1.83. The Kier molecular flexibility index (Phi) is 5.83. The zero-order valence-electron chi connectivity index (χ0n) is 16.8. The second kappa shape index (κ2) is 8.53. The van der Waals surface area contributed by atoms with Crippen LogP contribution >= 0.6 is 11.3 Å². The molecule has 1 aliphatic rings. The van der Waals surface area contributed by atoms with Crippen LogP contribution in [0, 0.1) is 18.7 Å². The number of primary amides is 1. The summed E-state index contributed by atoms with van der Waals surface area (Å²) in [6.45, 7) is 4.24. The molecule has 0 spiro atoms. The number of amides is 2. The van der Waals surface area contributed by atoms with Gasteiger partial charge in [-0.3, -0.25) is 14.5 Å². The van der Waals surface area contributed by atoms with Crippen molar-refractivity contribution in [1.29, 1.82) is 0 Å². The van der Waals surface area contributed by atoms with Crippen molar-refractivity contribution >= 4 is 38.9 Å². The van der Waals surface area contributed by atoms with Crippen molar-refractivity contribution in [2.45, 2.75) is 26.3 Å². The molecule has 0 aliphatic carbocycles. The number of thiophene rings is 1.